The van der Waals surface area contributed by atoms with Gasteiger partial charge in [-0.2, -0.15) is 5.26 Å². The summed E-state index contributed by atoms with van der Waals surface area (Å²) in [5.74, 6) is 0.159. The standard InChI is InChI=1S/C26H23N5O4S/c27-12-17-9-21(29-24(32)10-17)18-3-1-2-16(8-18)13-28-7-6-20-14-31(26(34)35-20)19-4-5-23-22(11-19)30-25(33)15-36-23/h1-5,8-11,20,28H,6-7,13-15H2,(H,29,32)(H,30,33). The Hall–Kier alpha value is -4.07. The van der Waals surface area contributed by atoms with Crippen molar-refractivity contribution in [1.29, 1.82) is 5.26 Å². The van der Waals surface area contributed by atoms with Crippen LogP contribution in [-0.2, 0) is 16.1 Å². The van der Waals surface area contributed by atoms with E-state index in [0.29, 0.717) is 48.8 Å². The topological polar surface area (TPSA) is 128 Å². The number of anilines is 2. The minimum atomic E-state index is -0.391. The van der Waals surface area contributed by atoms with Gasteiger partial charge in [0.05, 0.1) is 35.3 Å². The number of hydrogen-bond donors (Lipinski definition) is 3. The highest BCUT2D eigenvalue weighted by molar-refractivity contribution is 8.00. The van der Waals surface area contributed by atoms with Gasteiger partial charge in [-0.15, -0.1) is 11.8 Å². The van der Waals surface area contributed by atoms with Crippen LogP contribution < -0.4 is 15.5 Å². The molecule has 5 rings (SSSR count). The summed E-state index contributed by atoms with van der Waals surface area (Å²) in [6, 6.07) is 18.3. The number of amides is 2. The summed E-state index contributed by atoms with van der Waals surface area (Å²) in [6.07, 6.45) is 0.0223. The number of ether oxygens (including phenoxy) is 1. The third-order valence-electron chi connectivity index (χ3n) is 5.92. The molecule has 1 unspecified atom stereocenters. The van der Waals surface area contributed by atoms with E-state index in [2.05, 4.69) is 15.6 Å². The van der Waals surface area contributed by atoms with E-state index in [0.717, 1.165) is 21.7 Å². The summed E-state index contributed by atoms with van der Waals surface area (Å²) in [4.78, 5) is 30.8. The van der Waals surface area contributed by atoms with Gasteiger partial charge in [0.2, 0.25) is 11.8 Å². The molecule has 3 N–H and O–H groups in total. The fraction of sp³-hybridized carbons (Fsp3) is 0.231. The fourth-order valence-corrected chi connectivity index (χ4v) is 4.97. The van der Waals surface area contributed by atoms with Crippen molar-refractivity contribution < 1.29 is 19.4 Å². The number of carbonyl (C=O) groups excluding carboxylic acids is 2. The Balaban J connectivity index is 1.14. The van der Waals surface area contributed by atoms with E-state index in [1.807, 2.05) is 48.5 Å². The molecule has 2 aromatic carbocycles. The van der Waals surface area contributed by atoms with Crippen molar-refractivity contribution in [2.24, 2.45) is 0 Å². The summed E-state index contributed by atoms with van der Waals surface area (Å²) < 4.78 is 5.55. The maximum Gasteiger partial charge on any atom is 0.414 e. The Morgan fingerprint density at radius 2 is 2.11 bits per heavy atom. The van der Waals surface area contributed by atoms with Crippen LogP contribution in [0.25, 0.3) is 11.3 Å². The van der Waals surface area contributed by atoms with Crippen LogP contribution >= 0.6 is 11.8 Å². The van der Waals surface area contributed by atoms with E-state index in [1.54, 1.807) is 11.0 Å². The second-order valence-electron chi connectivity index (χ2n) is 8.51. The molecule has 0 radical (unpaired) electrons. The van der Waals surface area contributed by atoms with Crippen LogP contribution in [0.5, 0.6) is 5.88 Å². The molecule has 0 saturated carbocycles. The van der Waals surface area contributed by atoms with Crippen LogP contribution in [0.4, 0.5) is 16.2 Å². The van der Waals surface area contributed by atoms with Gasteiger partial charge in [-0.3, -0.25) is 9.69 Å². The lowest BCUT2D eigenvalue weighted by Crippen LogP contribution is -2.26. The molecule has 3 aromatic rings. The number of aromatic nitrogens is 1. The van der Waals surface area contributed by atoms with Crippen molar-refractivity contribution in [2.75, 3.05) is 29.1 Å². The summed E-state index contributed by atoms with van der Waals surface area (Å²) >= 11 is 1.48. The predicted octanol–water partition coefficient (Wildman–Crippen LogP) is 3.88. The van der Waals surface area contributed by atoms with Crippen LogP contribution in [0.2, 0.25) is 0 Å². The number of fused-ring (bicyclic) bond motifs is 1. The first-order valence-corrected chi connectivity index (χ1v) is 12.4. The number of carbonyl (C=O) groups is 2. The van der Waals surface area contributed by atoms with Gasteiger partial charge in [-0.25, -0.2) is 9.78 Å². The number of nitrogens with zero attached hydrogens (tertiary/aromatic N) is 3. The molecule has 1 fully saturated rings. The molecule has 36 heavy (non-hydrogen) atoms. The summed E-state index contributed by atoms with van der Waals surface area (Å²) in [5.41, 5.74) is 4.14. The van der Waals surface area contributed by atoms with Crippen LogP contribution in [0.3, 0.4) is 0 Å². The summed E-state index contributed by atoms with van der Waals surface area (Å²) in [7, 11) is 0. The van der Waals surface area contributed by atoms with Gasteiger partial charge >= 0.3 is 6.09 Å². The van der Waals surface area contributed by atoms with Crippen LogP contribution in [0.15, 0.2) is 59.5 Å². The van der Waals surface area contributed by atoms with Crippen LogP contribution in [0.1, 0.15) is 17.5 Å². The summed E-state index contributed by atoms with van der Waals surface area (Å²) in [5, 5.41) is 25.1. The minimum absolute atomic E-state index is 0.0479. The molecule has 0 aliphatic carbocycles. The number of hydrogen-bond acceptors (Lipinski definition) is 8. The average molecular weight is 502 g/mol. The fourth-order valence-electron chi connectivity index (χ4n) is 4.19. The quantitative estimate of drug-likeness (QED) is 0.416. The summed E-state index contributed by atoms with van der Waals surface area (Å²) in [6.45, 7) is 1.69. The zero-order valence-corrected chi connectivity index (χ0v) is 20.0. The van der Waals surface area contributed by atoms with E-state index < -0.39 is 6.09 Å². The molecule has 0 spiro atoms. The molecule has 10 heteroatoms. The predicted molar refractivity (Wildman–Crippen MR) is 136 cm³/mol. The van der Waals surface area contributed by atoms with Crippen molar-refractivity contribution in [3.63, 3.8) is 0 Å². The van der Waals surface area contributed by atoms with Gasteiger partial charge in [-0.1, -0.05) is 18.2 Å². The minimum Gasteiger partial charge on any atom is -0.493 e. The molecule has 1 atom stereocenters. The molecule has 2 aliphatic rings. The molecule has 3 heterocycles. The lowest BCUT2D eigenvalue weighted by molar-refractivity contribution is -0.113. The third kappa shape index (κ3) is 5.27. The number of rotatable bonds is 7. The van der Waals surface area contributed by atoms with Gasteiger partial charge < -0.3 is 20.5 Å². The zero-order chi connectivity index (χ0) is 25.1. The van der Waals surface area contributed by atoms with E-state index in [-0.39, 0.29) is 17.9 Å². The average Bonchev–Trinajstić information content (AvgIpc) is 3.26. The first-order valence-electron chi connectivity index (χ1n) is 11.4. The number of benzene rings is 2. The Morgan fingerprint density at radius 3 is 2.97 bits per heavy atom. The first-order chi connectivity index (χ1) is 17.5. The Kier molecular flexibility index (Phi) is 6.75. The first kappa shape index (κ1) is 23.7. The molecule has 2 amide bonds. The Morgan fingerprint density at radius 1 is 1.22 bits per heavy atom. The van der Waals surface area contributed by atoms with Crippen molar-refractivity contribution in [3.8, 4) is 23.2 Å². The van der Waals surface area contributed by atoms with Crippen molar-refractivity contribution in [2.45, 2.75) is 24.0 Å². The highest BCUT2D eigenvalue weighted by atomic mass is 32.2. The Bertz CT molecular complexity index is 1370. The molecule has 0 bridgehead atoms. The lowest BCUT2D eigenvalue weighted by Gasteiger charge is -2.20. The van der Waals surface area contributed by atoms with E-state index in [1.165, 1.54) is 17.8 Å². The van der Waals surface area contributed by atoms with Gasteiger partial charge in [0.15, 0.2) is 0 Å². The highest BCUT2D eigenvalue weighted by Crippen LogP contribution is 2.35. The molecular formula is C26H23N5O4S. The van der Waals surface area contributed by atoms with E-state index in [9.17, 15) is 14.7 Å². The number of thioether (sulfide) groups is 1. The third-order valence-corrected chi connectivity index (χ3v) is 6.99. The van der Waals surface area contributed by atoms with Crippen LogP contribution in [-0.4, -0.2) is 47.0 Å². The van der Waals surface area contributed by atoms with Gasteiger partial charge in [0, 0.05) is 28.8 Å². The van der Waals surface area contributed by atoms with Gasteiger partial charge in [0.1, 0.15) is 6.10 Å². The monoisotopic (exact) mass is 501 g/mol. The second-order valence-corrected chi connectivity index (χ2v) is 9.53. The molecule has 9 nitrogen and oxygen atoms in total. The highest BCUT2D eigenvalue weighted by Gasteiger charge is 2.32. The molecular weight excluding hydrogens is 478 g/mol. The Labute approximate surface area is 212 Å². The normalized spacial score (nSPS) is 16.8. The van der Waals surface area contributed by atoms with E-state index >= 15 is 0 Å². The van der Waals surface area contributed by atoms with Gasteiger partial charge in [0.25, 0.3) is 0 Å². The number of pyridine rings is 1. The molecule has 2 aliphatic heterocycles. The maximum atomic E-state index is 12.5. The number of cyclic esters (lactones) is 1. The molecule has 1 aromatic heterocycles. The van der Waals surface area contributed by atoms with Crippen LogP contribution in [0, 0.1) is 11.3 Å². The number of nitrogens with one attached hydrogen (secondary N) is 2. The zero-order valence-electron chi connectivity index (χ0n) is 19.2. The SMILES string of the molecule is N#Cc1cc(O)nc(-c2cccc(CNCCC3CN(c4ccc5c(c4)NC(=O)CS5)C(=O)O3)c2)c1. The van der Waals surface area contributed by atoms with Crippen molar-refractivity contribution in [1.82, 2.24) is 10.3 Å². The molecule has 182 valence electrons. The second kappa shape index (κ2) is 10.3. The number of nitriles is 1. The largest absolute Gasteiger partial charge is 0.493 e. The molecule has 1 saturated heterocycles. The maximum absolute atomic E-state index is 12.5. The van der Waals surface area contributed by atoms with Gasteiger partial charge in [-0.05, 0) is 48.9 Å². The van der Waals surface area contributed by atoms with E-state index in [4.69, 9.17) is 10.00 Å². The van der Waals surface area contributed by atoms with Crippen molar-refractivity contribution in [3.05, 3.63) is 65.7 Å². The van der Waals surface area contributed by atoms with Crippen molar-refractivity contribution >= 4 is 35.1 Å². The lowest BCUT2D eigenvalue weighted by atomic mass is 10.1. The smallest absolute Gasteiger partial charge is 0.414 e. The number of aromatic hydroxyl groups is 1.